The van der Waals surface area contributed by atoms with Crippen molar-refractivity contribution in [2.24, 2.45) is 0 Å². The topological polar surface area (TPSA) is 94.2 Å². The Labute approximate surface area is 135 Å². The number of H-pyrrole nitrogens is 2. The minimum Gasteiger partial charge on any atom is -0.491 e. The summed E-state index contributed by atoms with van der Waals surface area (Å²) < 4.78 is 42.6. The van der Waals surface area contributed by atoms with Crippen LogP contribution >= 0.6 is 0 Å². The second-order valence-corrected chi connectivity index (χ2v) is 5.31. The summed E-state index contributed by atoms with van der Waals surface area (Å²) in [5, 5.41) is 15.9. The lowest BCUT2D eigenvalue weighted by atomic mass is 10.2. The van der Waals surface area contributed by atoms with Crippen LogP contribution in [0, 0.1) is 0 Å². The molecule has 2 rings (SSSR count). The maximum atomic E-state index is 12.4. The Hall–Kier alpha value is -2.33. The normalized spacial score (nSPS) is 13.2. The maximum Gasteiger partial charge on any atom is 0.416 e. The van der Waals surface area contributed by atoms with E-state index in [4.69, 9.17) is 4.74 Å². The quantitative estimate of drug-likeness (QED) is 0.695. The summed E-state index contributed by atoms with van der Waals surface area (Å²) in [5.74, 6) is 0.666. The van der Waals surface area contributed by atoms with Crippen LogP contribution < -0.4 is 10.4 Å². The van der Waals surface area contributed by atoms with E-state index in [0.717, 1.165) is 12.1 Å². The molecule has 3 N–H and O–H groups in total. The average Bonchev–Trinajstić information content (AvgIpc) is 2.89. The molecule has 1 aromatic heterocycles. The van der Waals surface area contributed by atoms with Crippen molar-refractivity contribution in [3.05, 3.63) is 46.1 Å². The van der Waals surface area contributed by atoms with E-state index < -0.39 is 23.5 Å². The minimum absolute atomic E-state index is 0.0766. The highest BCUT2D eigenvalue weighted by atomic mass is 19.4. The summed E-state index contributed by atoms with van der Waals surface area (Å²) in [4.78, 5) is 15.1. The minimum atomic E-state index is -4.39. The van der Waals surface area contributed by atoms with Crippen LogP contribution in [0.2, 0.25) is 0 Å². The van der Waals surface area contributed by atoms with Crippen molar-refractivity contribution in [1.29, 1.82) is 0 Å². The lowest BCUT2D eigenvalue weighted by molar-refractivity contribution is -0.137. The molecular weight excluding hydrogens is 329 g/mol. The fourth-order valence-electron chi connectivity index (χ4n) is 2.05. The van der Waals surface area contributed by atoms with Crippen molar-refractivity contribution in [3.8, 4) is 5.75 Å². The van der Waals surface area contributed by atoms with Crippen molar-refractivity contribution < 1.29 is 23.0 Å². The number of aliphatic hydroxyl groups excluding tert-OH is 1. The van der Waals surface area contributed by atoms with Gasteiger partial charge in [-0.15, -0.1) is 0 Å². The van der Waals surface area contributed by atoms with E-state index in [9.17, 15) is 23.1 Å². The van der Waals surface area contributed by atoms with Gasteiger partial charge >= 0.3 is 11.9 Å². The molecule has 1 unspecified atom stereocenters. The molecule has 0 aliphatic rings. The van der Waals surface area contributed by atoms with Gasteiger partial charge in [0.05, 0.1) is 12.1 Å². The van der Waals surface area contributed by atoms with E-state index in [1.165, 1.54) is 12.1 Å². The summed E-state index contributed by atoms with van der Waals surface area (Å²) in [6.07, 6.45) is -5.25. The highest BCUT2D eigenvalue weighted by Gasteiger charge is 2.30. The molecule has 1 atom stereocenters. The summed E-state index contributed by atoms with van der Waals surface area (Å²) in [6, 6.07) is 4.24. The van der Waals surface area contributed by atoms with E-state index in [1.807, 2.05) is 0 Å². The van der Waals surface area contributed by atoms with E-state index in [2.05, 4.69) is 15.2 Å². The van der Waals surface area contributed by atoms with Crippen LogP contribution in [0.25, 0.3) is 0 Å². The fraction of sp³-hybridized carbons (Fsp3) is 0.429. The second kappa shape index (κ2) is 7.49. The number of rotatable bonds is 7. The zero-order valence-corrected chi connectivity index (χ0v) is 12.8. The molecule has 132 valence electrons. The third kappa shape index (κ3) is 5.39. The molecule has 24 heavy (non-hydrogen) atoms. The van der Waals surface area contributed by atoms with Crippen molar-refractivity contribution in [3.63, 3.8) is 0 Å². The van der Waals surface area contributed by atoms with Gasteiger partial charge in [0.1, 0.15) is 24.3 Å². The van der Waals surface area contributed by atoms with Crippen molar-refractivity contribution >= 4 is 0 Å². The van der Waals surface area contributed by atoms with Crippen LogP contribution in [-0.4, -0.2) is 51.5 Å². The Morgan fingerprint density at radius 1 is 1.33 bits per heavy atom. The first-order valence-corrected chi connectivity index (χ1v) is 7.04. The van der Waals surface area contributed by atoms with Crippen molar-refractivity contribution in [2.45, 2.75) is 18.8 Å². The highest BCUT2D eigenvalue weighted by Crippen LogP contribution is 2.30. The summed E-state index contributed by atoms with van der Waals surface area (Å²) in [6.45, 7) is 0.471. The number of nitrogens with one attached hydrogen (secondary N) is 2. The number of hydrogen-bond donors (Lipinski definition) is 3. The third-order valence-corrected chi connectivity index (χ3v) is 3.12. The van der Waals surface area contributed by atoms with Crippen LogP contribution in [0.15, 0.2) is 29.1 Å². The number of alkyl halides is 3. The van der Waals surface area contributed by atoms with Crippen LogP contribution in [0.5, 0.6) is 5.75 Å². The Balaban J connectivity index is 1.78. The van der Waals surface area contributed by atoms with Gasteiger partial charge in [0.2, 0.25) is 0 Å². The molecule has 2 aromatic rings. The van der Waals surface area contributed by atoms with E-state index in [1.54, 1.807) is 11.9 Å². The SMILES string of the molecule is CN(Cc1n[nH]c(=O)[nH]1)CC(O)COc1ccc(C(F)(F)F)cc1. The predicted molar refractivity (Wildman–Crippen MR) is 78.5 cm³/mol. The van der Waals surface area contributed by atoms with E-state index >= 15 is 0 Å². The molecule has 0 aliphatic carbocycles. The molecule has 7 nitrogen and oxygen atoms in total. The number of aromatic amines is 2. The first-order chi connectivity index (χ1) is 11.2. The molecule has 0 spiro atoms. The molecule has 0 saturated heterocycles. The van der Waals surface area contributed by atoms with Crippen LogP contribution in [0.1, 0.15) is 11.4 Å². The van der Waals surface area contributed by atoms with Gasteiger partial charge < -0.3 is 9.84 Å². The predicted octanol–water partition coefficient (Wildman–Crippen LogP) is 0.989. The van der Waals surface area contributed by atoms with Gasteiger partial charge in [-0.3, -0.25) is 9.88 Å². The lowest BCUT2D eigenvalue weighted by Gasteiger charge is -2.19. The second-order valence-electron chi connectivity index (χ2n) is 5.31. The number of aliphatic hydroxyl groups is 1. The molecule has 0 saturated carbocycles. The number of ether oxygens (including phenoxy) is 1. The maximum absolute atomic E-state index is 12.4. The third-order valence-electron chi connectivity index (χ3n) is 3.12. The molecule has 1 heterocycles. The number of hydrogen-bond acceptors (Lipinski definition) is 5. The van der Waals surface area contributed by atoms with Crippen LogP contribution in [-0.2, 0) is 12.7 Å². The highest BCUT2D eigenvalue weighted by molar-refractivity contribution is 5.28. The van der Waals surface area contributed by atoms with Gasteiger partial charge in [-0.25, -0.2) is 9.89 Å². The molecule has 0 amide bonds. The smallest absolute Gasteiger partial charge is 0.416 e. The van der Waals surface area contributed by atoms with Crippen LogP contribution in [0.3, 0.4) is 0 Å². The molecular formula is C14H17F3N4O3. The summed E-state index contributed by atoms with van der Waals surface area (Å²) in [7, 11) is 1.72. The number of likely N-dealkylation sites (N-methyl/N-ethyl adjacent to an activating group) is 1. The Bertz CT molecular complexity index is 696. The Morgan fingerprint density at radius 3 is 2.54 bits per heavy atom. The summed E-state index contributed by atoms with van der Waals surface area (Å²) in [5.41, 5.74) is -1.17. The number of benzene rings is 1. The van der Waals surface area contributed by atoms with E-state index in [-0.39, 0.29) is 18.9 Å². The van der Waals surface area contributed by atoms with Gasteiger partial charge in [0, 0.05) is 6.54 Å². The largest absolute Gasteiger partial charge is 0.491 e. The molecule has 0 bridgehead atoms. The van der Waals surface area contributed by atoms with Gasteiger partial charge in [-0.1, -0.05) is 0 Å². The van der Waals surface area contributed by atoms with Crippen molar-refractivity contribution in [2.75, 3.05) is 20.2 Å². The number of nitrogens with zero attached hydrogens (tertiary/aromatic N) is 2. The molecule has 0 fully saturated rings. The zero-order valence-electron chi connectivity index (χ0n) is 12.8. The lowest BCUT2D eigenvalue weighted by Crippen LogP contribution is -2.33. The number of halogens is 3. The Morgan fingerprint density at radius 2 is 2.00 bits per heavy atom. The molecule has 1 aromatic carbocycles. The Kier molecular flexibility index (Phi) is 5.62. The first kappa shape index (κ1) is 18.0. The van der Waals surface area contributed by atoms with Crippen molar-refractivity contribution in [1.82, 2.24) is 20.1 Å². The molecule has 10 heteroatoms. The van der Waals surface area contributed by atoms with Gasteiger partial charge in [-0.2, -0.15) is 18.3 Å². The zero-order chi connectivity index (χ0) is 17.7. The van der Waals surface area contributed by atoms with Gasteiger partial charge in [0.25, 0.3) is 0 Å². The monoisotopic (exact) mass is 346 g/mol. The summed E-state index contributed by atoms with van der Waals surface area (Å²) >= 11 is 0. The van der Waals surface area contributed by atoms with Gasteiger partial charge in [0.15, 0.2) is 0 Å². The van der Waals surface area contributed by atoms with Gasteiger partial charge in [-0.05, 0) is 31.3 Å². The molecule has 0 radical (unpaired) electrons. The fourth-order valence-corrected chi connectivity index (χ4v) is 2.05. The molecule has 0 aliphatic heterocycles. The van der Waals surface area contributed by atoms with E-state index in [0.29, 0.717) is 12.4 Å². The van der Waals surface area contributed by atoms with Crippen LogP contribution in [0.4, 0.5) is 13.2 Å². The first-order valence-electron chi connectivity index (χ1n) is 7.04. The number of aromatic nitrogens is 3. The standard InChI is InChI=1S/C14H17F3N4O3/c1-21(7-12-18-13(23)20-19-12)6-10(22)8-24-11-4-2-9(3-5-11)14(15,16)17/h2-5,10,22H,6-8H2,1H3,(H2,18,19,20,23). The average molecular weight is 346 g/mol.